The van der Waals surface area contributed by atoms with Crippen LogP contribution in [0.3, 0.4) is 0 Å². The number of likely N-dealkylation sites (N-methyl/N-ethyl adjacent to an activating group) is 1. The van der Waals surface area contributed by atoms with Crippen molar-refractivity contribution < 1.29 is 0 Å². The van der Waals surface area contributed by atoms with E-state index in [-0.39, 0.29) is 5.54 Å². The van der Waals surface area contributed by atoms with Gasteiger partial charge in [-0.15, -0.1) is 0 Å². The highest BCUT2D eigenvalue weighted by Gasteiger charge is 2.38. The Hall–Kier alpha value is -0.870. The van der Waals surface area contributed by atoms with Crippen LogP contribution in [0.2, 0.25) is 0 Å². The maximum atomic E-state index is 6.32. The van der Waals surface area contributed by atoms with Crippen LogP contribution in [0.4, 0.5) is 0 Å². The quantitative estimate of drug-likeness (QED) is 0.808. The molecule has 1 aliphatic rings. The van der Waals surface area contributed by atoms with Crippen LogP contribution in [0, 0.1) is 5.92 Å². The van der Waals surface area contributed by atoms with Crippen molar-refractivity contribution >= 4 is 0 Å². The minimum absolute atomic E-state index is 0.0308. The third-order valence-corrected chi connectivity index (χ3v) is 3.33. The first kappa shape index (κ1) is 11.6. The van der Waals surface area contributed by atoms with E-state index < -0.39 is 0 Å². The zero-order valence-corrected chi connectivity index (χ0v) is 10.5. The Morgan fingerprint density at radius 3 is 2.81 bits per heavy atom. The lowest BCUT2D eigenvalue weighted by Gasteiger charge is -2.30. The molecule has 1 fully saturated rings. The minimum atomic E-state index is -0.0308. The molecule has 4 heteroatoms. The molecule has 1 unspecified atom stereocenters. The molecule has 0 aliphatic heterocycles. The van der Waals surface area contributed by atoms with Crippen LogP contribution < -0.4 is 5.73 Å². The highest BCUT2D eigenvalue weighted by atomic mass is 15.2. The van der Waals surface area contributed by atoms with Gasteiger partial charge in [0.25, 0.3) is 0 Å². The summed E-state index contributed by atoms with van der Waals surface area (Å²) in [6.45, 7) is 4.05. The summed E-state index contributed by atoms with van der Waals surface area (Å²) < 4.78 is 1.84. The van der Waals surface area contributed by atoms with Crippen LogP contribution >= 0.6 is 0 Å². The highest BCUT2D eigenvalue weighted by Crippen LogP contribution is 2.38. The Balaban J connectivity index is 1.86. The lowest BCUT2D eigenvalue weighted by Crippen LogP contribution is -2.48. The molecular formula is C12H22N4. The number of aromatic nitrogens is 2. The number of aryl methyl sites for hydroxylation is 1. The average molecular weight is 222 g/mol. The number of hydrogen-bond donors (Lipinski definition) is 1. The maximum Gasteiger partial charge on any atom is 0.0534 e. The number of nitrogens with zero attached hydrogens (tertiary/aromatic N) is 3. The molecule has 0 saturated heterocycles. The average Bonchev–Trinajstić information content (AvgIpc) is 2.92. The predicted molar refractivity (Wildman–Crippen MR) is 64.9 cm³/mol. The topological polar surface area (TPSA) is 47.1 Å². The van der Waals surface area contributed by atoms with Gasteiger partial charge in [-0.25, -0.2) is 0 Å². The summed E-state index contributed by atoms with van der Waals surface area (Å²) in [5.74, 6) is 0.726. The van der Waals surface area contributed by atoms with E-state index >= 15 is 0 Å². The molecular weight excluding hydrogens is 200 g/mol. The molecule has 1 aliphatic carbocycles. The number of nitrogens with two attached hydrogens (primary N) is 1. The first-order valence-electron chi connectivity index (χ1n) is 5.92. The molecule has 0 amide bonds. The van der Waals surface area contributed by atoms with Gasteiger partial charge < -0.3 is 10.6 Å². The van der Waals surface area contributed by atoms with Crippen LogP contribution in [-0.2, 0) is 13.6 Å². The molecule has 90 valence electrons. The van der Waals surface area contributed by atoms with Crippen molar-refractivity contribution in [2.45, 2.75) is 31.8 Å². The van der Waals surface area contributed by atoms with E-state index in [1.807, 2.05) is 17.9 Å². The fourth-order valence-corrected chi connectivity index (χ4v) is 2.37. The summed E-state index contributed by atoms with van der Waals surface area (Å²) >= 11 is 0. The lowest BCUT2D eigenvalue weighted by atomic mass is 9.97. The molecule has 1 aromatic rings. The van der Waals surface area contributed by atoms with Crippen molar-refractivity contribution in [3.8, 4) is 0 Å². The summed E-state index contributed by atoms with van der Waals surface area (Å²) in [5, 5.41) is 4.17. The van der Waals surface area contributed by atoms with Crippen molar-refractivity contribution in [2.75, 3.05) is 13.6 Å². The largest absolute Gasteiger partial charge is 0.324 e. The van der Waals surface area contributed by atoms with Crippen molar-refractivity contribution in [2.24, 2.45) is 18.7 Å². The van der Waals surface area contributed by atoms with E-state index in [1.165, 1.54) is 18.4 Å². The number of rotatable bonds is 5. The van der Waals surface area contributed by atoms with Crippen LogP contribution in [0.5, 0.6) is 0 Å². The smallest absolute Gasteiger partial charge is 0.0534 e. The number of hydrogen-bond acceptors (Lipinski definition) is 3. The monoisotopic (exact) mass is 222 g/mol. The highest BCUT2D eigenvalue weighted by molar-refractivity contribution is 5.04. The molecule has 1 saturated carbocycles. The van der Waals surface area contributed by atoms with Gasteiger partial charge in [-0.05, 0) is 32.7 Å². The SMILES string of the molecule is CN(Cc1cnn(C)c1)CC(C)(N)C1CC1. The van der Waals surface area contributed by atoms with Crippen molar-refractivity contribution in [3.63, 3.8) is 0 Å². The first-order chi connectivity index (χ1) is 7.47. The Labute approximate surface area is 97.4 Å². The van der Waals surface area contributed by atoms with Crippen molar-refractivity contribution in [1.82, 2.24) is 14.7 Å². The van der Waals surface area contributed by atoms with Gasteiger partial charge in [0.05, 0.1) is 6.20 Å². The Morgan fingerprint density at radius 2 is 2.31 bits per heavy atom. The fraction of sp³-hybridized carbons (Fsp3) is 0.750. The van der Waals surface area contributed by atoms with Gasteiger partial charge in [-0.3, -0.25) is 4.68 Å². The molecule has 1 atom stereocenters. The van der Waals surface area contributed by atoms with Crippen LogP contribution in [0.1, 0.15) is 25.3 Å². The van der Waals surface area contributed by atoms with Gasteiger partial charge in [0.15, 0.2) is 0 Å². The van der Waals surface area contributed by atoms with Crippen LogP contribution in [0.15, 0.2) is 12.4 Å². The summed E-state index contributed by atoms with van der Waals surface area (Å²) in [7, 11) is 4.07. The van der Waals surface area contributed by atoms with E-state index in [1.54, 1.807) is 0 Å². The first-order valence-corrected chi connectivity index (χ1v) is 5.92. The summed E-state index contributed by atoms with van der Waals surface area (Å²) in [4.78, 5) is 2.29. The summed E-state index contributed by atoms with van der Waals surface area (Å²) in [6, 6.07) is 0. The summed E-state index contributed by atoms with van der Waals surface area (Å²) in [6.07, 6.45) is 6.57. The molecule has 2 rings (SSSR count). The molecule has 0 aromatic carbocycles. The van der Waals surface area contributed by atoms with Gasteiger partial charge in [-0.2, -0.15) is 5.10 Å². The molecule has 0 bridgehead atoms. The predicted octanol–water partition coefficient (Wildman–Crippen LogP) is 0.979. The van der Waals surface area contributed by atoms with Crippen LogP contribution in [0.25, 0.3) is 0 Å². The standard InChI is InChI=1S/C12H22N4/c1-12(13,11-4-5-11)9-15(2)7-10-6-14-16(3)8-10/h6,8,11H,4-5,7,9,13H2,1-3H3. The molecule has 0 spiro atoms. The van der Waals surface area contributed by atoms with E-state index in [0.29, 0.717) is 0 Å². The van der Waals surface area contributed by atoms with Crippen molar-refractivity contribution in [1.29, 1.82) is 0 Å². The van der Waals surface area contributed by atoms with Gasteiger partial charge in [0, 0.05) is 37.4 Å². The van der Waals surface area contributed by atoms with Gasteiger partial charge in [0.1, 0.15) is 0 Å². The van der Waals surface area contributed by atoms with Gasteiger partial charge in [0.2, 0.25) is 0 Å². The van der Waals surface area contributed by atoms with E-state index in [0.717, 1.165) is 19.0 Å². The van der Waals surface area contributed by atoms with E-state index in [9.17, 15) is 0 Å². The Bertz CT molecular complexity index is 352. The molecule has 0 radical (unpaired) electrons. The van der Waals surface area contributed by atoms with Crippen LogP contribution in [-0.4, -0.2) is 33.8 Å². The molecule has 1 heterocycles. The molecule has 4 nitrogen and oxygen atoms in total. The second-order valence-corrected chi connectivity index (χ2v) is 5.47. The second kappa shape index (κ2) is 4.18. The fourth-order valence-electron chi connectivity index (χ4n) is 2.37. The summed E-state index contributed by atoms with van der Waals surface area (Å²) in [5.41, 5.74) is 7.54. The van der Waals surface area contributed by atoms with Crippen molar-refractivity contribution in [3.05, 3.63) is 18.0 Å². The normalized spacial score (nSPS) is 20.1. The third kappa shape index (κ3) is 2.83. The lowest BCUT2D eigenvalue weighted by molar-refractivity contribution is 0.232. The van der Waals surface area contributed by atoms with Gasteiger partial charge >= 0.3 is 0 Å². The zero-order chi connectivity index (χ0) is 11.8. The minimum Gasteiger partial charge on any atom is -0.324 e. The zero-order valence-electron chi connectivity index (χ0n) is 10.5. The second-order valence-electron chi connectivity index (χ2n) is 5.47. The van der Waals surface area contributed by atoms with E-state index in [4.69, 9.17) is 5.73 Å². The molecule has 1 aromatic heterocycles. The maximum absolute atomic E-state index is 6.32. The third-order valence-electron chi connectivity index (χ3n) is 3.33. The molecule has 2 N–H and O–H groups in total. The Kier molecular flexibility index (Phi) is 3.04. The van der Waals surface area contributed by atoms with Gasteiger partial charge in [-0.1, -0.05) is 0 Å². The van der Waals surface area contributed by atoms with E-state index in [2.05, 4.69) is 30.2 Å². The molecule has 16 heavy (non-hydrogen) atoms. The Morgan fingerprint density at radius 1 is 1.62 bits per heavy atom.